The minimum atomic E-state index is -0.990. The Balaban J connectivity index is 1.53. The minimum Gasteiger partial charge on any atom is -0.452 e. The van der Waals surface area contributed by atoms with Crippen LogP contribution in [0.3, 0.4) is 0 Å². The van der Waals surface area contributed by atoms with Crippen molar-refractivity contribution >= 4 is 28.9 Å². The van der Waals surface area contributed by atoms with E-state index in [1.165, 1.54) is 6.07 Å². The van der Waals surface area contributed by atoms with Gasteiger partial charge in [-0.15, -0.1) is 0 Å². The Morgan fingerprint density at radius 2 is 1.93 bits per heavy atom. The largest absolute Gasteiger partial charge is 0.452 e. The Hall–Kier alpha value is -3.16. The molecule has 2 aromatic rings. The Bertz CT molecular complexity index is 951. The molecule has 1 aliphatic carbocycles. The lowest BCUT2D eigenvalue weighted by Crippen LogP contribution is -2.48. The van der Waals surface area contributed by atoms with Crippen LogP contribution >= 0.6 is 0 Å². The average molecular weight is 386 g/mol. The quantitative estimate of drug-likeness (QED) is 0.616. The van der Waals surface area contributed by atoms with Crippen LogP contribution in [0.5, 0.6) is 0 Å². The predicted molar refractivity (Wildman–Crippen MR) is 101 cm³/mol. The van der Waals surface area contributed by atoms with Gasteiger partial charge in [0.2, 0.25) is 0 Å². The number of hydrogen-bond acceptors (Lipinski definition) is 6. The van der Waals surface area contributed by atoms with Gasteiger partial charge in [0, 0.05) is 11.4 Å². The van der Waals surface area contributed by atoms with Gasteiger partial charge in [0.25, 0.3) is 5.91 Å². The first kappa shape index (κ1) is 19.6. The summed E-state index contributed by atoms with van der Waals surface area (Å²) in [5.74, 6) is -1.42. The van der Waals surface area contributed by atoms with Gasteiger partial charge in [-0.25, -0.2) is 14.4 Å². The van der Waals surface area contributed by atoms with Crippen LogP contribution in [0.25, 0.3) is 11.0 Å². The summed E-state index contributed by atoms with van der Waals surface area (Å²) >= 11 is 0. The van der Waals surface area contributed by atoms with Crippen LogP contribution in [0.2, 0.25) is 0 Å². The first-order valence-corrected chi connectivity index (χ1v) is 9.24. The summed E-state index contributed by atoms with van der Waals surface area (Å²) in [6.45, 7) is 1.38. The Labute approximate surface area is 161 Å². The van der Waals surface area contributed by atoms with Gasteiger partial charge >= 0.3 is 17.6 Å². The number of amides is 3. The third kappa shape index (κ3) is 4.76. The summed E-state index contributed by atoms with van der Waals surface area (Å²) in [4.78, 5) is 47.8. The number of nitrogens with one attached hydrogen (secondary N) is 2. The molecule has 1 fully saturated rings. The summed E-state index contributed by atoms with van der Waals surface area (Å²) in [6, 6.07) is 7.46. The Morgan fingerprint density at radius 3 is 2.71 bits per heavy atom. The van der Waals surface area contributed by atoms with Crippen LogP contribution in [0.1, 0.15) is 43.0 Å². The molecule has 148 valence electrons. The van der Waals surface area contributed by atoms with Crippen molar-refractivity contribution in [3.8, 4) is 0 Å². The van der Waals surface area contributed by atoms with Gasteiger partial charge in [-0.1, -0.05) is 38.0 Å². The molecule has 8 heteroatoms. The molecule has 0 saturated heterocycles. The van der Waals surface area contributed by atoms with E-state index in [0.717, 1.165) is 25.7 Å². The number of hydrogen-bond donors (Lipinski definition) is 2. The monoisotopic (exact) mass is 386 g/mol. The molecule has 1 aliphatic rings. The maximum Gasteiger partial charge on any atom is 0.351 e. The van der Waals surface area contributed by atoms with Crippen LogP contribution in [-0.4, -0.2) is 30.6 Å². The highest BCUT2D eigenvalue weighted by Gasteiger charge is 2.24. The van der Waals surface area contributed by atoms with E-state index in [2.05, 4.69) is 17.6 Å². The molecule has 3 amide bonds. The molecule has 1 aromatic carbocycles. The van der Waals surface area contributed by atoms with Gasteiger partial charge in [-0.05, 0) is 30.9 Å². The molecular formula is C20H22N2O6. The lowest BCUT2D eigenvalue weighted by Gasteiger charge is -2.29. The van der Waals surface area contributed by atoms with Crippen LogP contribution in [-0.2, 0) is 9.53 Å². The first-order valence-electron chi connectivity index (χ1n) is 9.24. The van der Waals surface area contributed by atoms with Gasteiger partial charge in [0.05, 0.1) is 0 Å². The van der Waals surface area contributed by atoms with Crippen molar-refractivity contribution in [3.63, 3.8) is 0 Å². The normalized spacial score (nSPS) is 19.0. The van der Waals surface area contributed by atoms with Crippen molar-refractivity contribution in [1.82, 2.24) is 10.6 Å². The zero-order valence-electron chi connectivity index (χ0n) is 15.5. The molecule has 2 N–H and O–H groups in total. The fourth-order valence-corrected chi connectivity index (χ4v) is 3.31. The average Bonchev–Trinajstić information content (AvgIpc) is 2.67. The van der Waals surface area contributed by atoms with E-state index >= 15 is 0 Å². The molecule has 0 unspecified atom stereocenters. The zero-order valence-corrected chi connectivity index (χ0v) is 15.5. The fourth-order valence-electron chi connectivity index (χ4n) is 3.31. The first-order chi connectivity index (χ1) is 13.4. The number of imide groups is 1. The standard InChI is InChI=1S/C20H22N2O6/c1-12-6-2-4-8-15(12)21-20(26)22-17(23)11-27-18(24)14-10-13-7-3-5-9-16(13)28-19(14)25/h3,5,7,9-10,12,15H,2,4,6,8,11H2,1H3,(H2,21,22,23,26)/t12-,15-/m0/s1. The molecular weight excluding hydrogens is 364 g/mol. The number of ether oxygens (including phenoxy) is 1. The van der Waals surface area contributed by atoms with Gasteiger partial charge in [0.1, 0.15) is 11.1 Å². The van der Waals surface area contributed by atoms with Crippen LogP contribution in [0, 0.1) is 5.92 Å². The zero-order chi connectivity index (χ0) is 20.1. The highest BCUT2D eigenvalue weighted by Crippen LogP contribution is 2.23. The topological polar surface area (TPSA) is 115 Å². The number of rotatable bonds is 4. The highest BCUT2D eigenvalue weighted by molar-refractivity contribution is 5.97. The third-order valence-corrected chi connectivity index (χ3v) is 4.88. The van der Waals surface area contributed by atoms with Crippen molar-refractivity contribution in [1.29, 1.82) is 0 Å². The number of esters is 1. The number of carbonyl (C=O) groups is 3. The minimum absolute atomic E-state index is 0.0198. The van der Waals surface area contributed by atoms with E-state index in [-0.39, 0.29) is 11.6 Å². The maximum atomic E-state index is 12.1. The molecule has 2 atom stereocenters. The van der Waals surface area contributed by atoms with E-state index in [9.17, 15) is 19.2 Å². The second-order valence-corrected chi connectivity index (χ2v) is 6.95. The van der Waals surface area contributed by atoms with E-state index < -0.39 is 30.1 Å². The second kappa shape index (κ2) is 8.69. The van der Waals surface area contributed by atoms with Gasteiger partial charge in [-0.3, -0.25) is 10.1 Å². The number of carbonyl (C=O) groups excluding carboxylic acids is 3. The van der Waals surface area contributed by atoms with Crippen molar-refractivity contribution in [2.75, 3.05) is 6.61 Å². The van der Waals surface area contributed by atoms with E-state index in [1.807, 2.05) is 0 Å². The number of benzene rings is 1. The molecule has 0 radical (unpaired) electrons. The summed E-state index contributed by atoms with van der Waals surface area (Å²) in [7, 11) is 0. The molecule has 1 saturated carbocycles. The van der Waals surface area contributed by atoms with Gasteiger partial charge < -0.3 is 14.5 Å². The molecule has 1 heterocycles. The smallest absolute Gasteiger partial charge is 0.351 e. The molecule has 8 nitrogen and oxygen atoms in total. The molecule has 0 aliphatic heterocycles. The number of fused-ring (bicyclic) bond motifs is 1. The summed E-state index contributed by atoms with van der Waals surface area (Å²) in [5.41, 5.74) is -0.824. The van der Waals surface area contributed by atoms with Crippen molar-refractivity contribution in [2.45, 2.75) is 38.6 Å². The predicted octanol–water partition coefficient (Wildman–Crippen LogP) is 2.35. The Morgan fingerprint density at radius 1 is 1.18 bits per heavy atom. The maximum absolute atomic E-state index is 12.1. The van der Waals surface area contributed by atoms with Crippen LogP contribution in [0.15, 0.2) is 39.5 Å². The van der Waals surface area contributed by atoms with Crippen LogP contribution in [0.4, 0.5) is 4.79 Å². The Kier molecular flexibility index (Phi) is 6.08. The summed E-state index contributed by atoms with van der Waals surface area (Å²) in [5, 5.41) is 5.46. The third-order valence-electron chi connectivity index (χ3n) is 4.88. The van der Waals surface area contributed by atoms with E-state index in [4.69, 9.17) is 9.15 Å². The van der Waals surface area contributed by atoms with E-state index in [0.29, 0.717) is 16.9 Å². The highest BCUT2D eigenvalue weighted by atomic mass is 16.5. The molecule has 1 aromatic heterocycles. The van der Waals surface area contributed by atoms with Crippen molar-refractivity contribution in [3.05, 3.63) is 46.3 Å². The van der Waals surface area contributed by atoms with Crippen LogP contribution < -0.4 is 16.3 Å². The fraction of sp³-hybridized carbons (Fsp3) is 0.400. The summed E-state index contributed by atoms with van der Waals surface area (Å²) < 4.78 is 9.90. The molecule has 0 spiro atoms. The van der Waals surface area contributed by atoms with Crippen molar-refractivity contribution < 1.29 is 23.5 Å². The van der Waals surface area contributed by atoms with Gasteiger partial charge in [0.15, 0.2) is 6.61 Å². The number of para-hydroxylation sites is 1. The second-order valence-electron chi connectivity index (χ2n) is 6.95. The van der Waals surface area contributed by atoms with Gasteiger partial charge in [-0.2, -0.15) is 0 Å². The molecule has 3 rings (SSSR count). The molecule has 28 heavy (non-hydrogen) atoms. The number of urea groups is 1. The lowest BCUT2D eigenvalue weighted by molar-refractivity contribution is -0.123. The van der Waals surface area contributed by atoms with Crippen molar-refractivity contribution in [2.24, 2.45) is 5.92 Å². The lowest BCUT2D eigenvalue weighted by atomic mass is 9.86. The summed E-state index contributed by atoms with van der Waals surface area (Å²) in [6.07, 6.45) is 4.08. The SMILES string of the molecule is C[C@H]1CCCC[C@@H]1NC(=O)NC(=O)COC(=O)c1cc2ccccc2oc1=O. The van der Waals surface area contributed by atoms with E-state index in [1.54, 1.807) is 24.3 Å². The molecule has 0 bridgehead atoms.